The molecule has 124 valence electrons. The number of carbonyl (C=O) groups excluding carboxylic acids is 1. The van der Waals surface area contributed by atoms with Gasteiger partial charge >= 0.3 is 0 Å². The van der Waals surface area contributed by atoms with Crippen LogP contribution in [-0.4, -0.2) is 28.8 Å². The summed E-state index contributed by atoms with van der Waals surface area (Å²) in [7, 11) is 1.54. The topological polar surface area (TPSA) is 73.2 Å². The van der Waals surface area contributed by atoms with Crippen molar-refractivity contribution in [2.24, 2.45) is 0 Å². The number of aromatic nitrogens is 2. The number of carbonyl (C=O) groups is 1. The van der Waals surface area contributed by atoms with Gasteiger partial charge in [-0.15, -0.1) is 11.3 Å². The van der Waals surface area contributed by atoms with Crippen LogP contribution in [0.3, 0.4) is 0 Å². The Morgan fingerprint density at radius 1 is 1.38 bits per heavy atom. The van der Waals surface area contributed by atoms with Gasteiger partial charge in [-0.3, -0.25) is 14.2 Å². The van der Waals surface area contributed by atoms with E-state index in [9.17, 15) is 9.59 Å². The molecule has 0 radical (unpaired) electrons. The number of fused-ring (bicyclic) bond motifs is 1. The Morgan fingerprint density at radius 2 is 2.17 bits per heavy atom. The molecular weight excluding hydrogens is 346 g/mol. The largest absolute Gasteiger partial charge is 0.495 e. The first-order valence-electron chi connectivity index (χ1n) is 7.09. The average molecular weight is 361 g/mol. The summed E-state index contributed by atoms with van der Waals surface area (Å²) < 4.78 is 7.16. The van der Waals surface area contributed by atoms with E-state index >= 15 is 0 Å². The van der Waals surface area contributed by atoms with Crippen LogP contribution in [0, 0.1) is 0 Å². The van der Waals surface area contributed by atoms with Crippen molar-refractivity contribution in [3.63, 3.8) is 0 Å². The van der Waals surface area contributed by atoms with Crippen LogP contribution in [0.1, 0.15) is 0 Å². The summed E-state index contributed by atoms with van der Waals surface area (Å²) in [5, 5.41) is 5.11. The van der Waals surface area contributed by atoms with Crippen molar-refractivity contribution in [2.45, 2.75) is 11.7 Å². The molecule has 2 heterocycles. The number of anilines is 1. The van der Waals surface area contributed by atoms with Crippen LogP contribution in [0.25, 0.3) is 10.2 Å². The van der Waals surface area contributed by atoms with Crippen LogP contribution in [-0.2, 0) is 11.3 Å². The summed E-state index contributed by atoms with van der Waals surface area (Å²) in [5.41, 5.74) is 1.03. The van der Waals surface area contributed by atoms with Gasteiger partial charge < -0.3 is 10.1 Å². The number of rotatable bonds is 5. The zero-order chi connectivity index (χ0) is 17.1. The van der Waals surface area contributed by atoms with E-state index in [0.717, 1.165) is 0 Å². The summed E-state index contributed by atoms with van der Waals surface area (Å²) in [6.45, 7) is -0.103. The minimum absolute atomic E-state index is 0.103. The molecule has 0 aliphatic heterocycles. The van der Waals surface area contributed by atoms with Crippen molar-refractivity contribution in [3.05, 3.63) is 46.1 Å². The van der Waals surface area contributed by atoms with Crippen LogP contribution in [0.15, 0.2) is 45.7 Å². The Kier molecular flexibility index (Phi) is 4.86. The lowest BCUT2D eigenvalue weighted by Crippen LogP contribution is -2.29. The first kappa shape index (κ1) is 16.5. The highest BCUT2D eigenvalue weighted by Gasteiger charge is 2.15. The smallest absolute Gasteiger partial charge is 0.272 e. The van der Waals surface area contributed by atoms with Crippen molar-refractivity contribution in [1.29, 1.82) is 0 Å². The van der Waals surface area contributed by atoms with Gasteiger partial charge in [-0.05, 0) is 29.8 Å². The fourth-order valence-corrected chi connectivity index (χ4v) is 3.64. The second-order valence-electron chi connectivity index (χ2n) is 4.87. The molecule has 1 amide bonds. The fraction of sp³-hybridized carbons (Fsp3) is 0.188. The van der Waals surface area contributed by atoms with Gasteiger partial charge in [-0.2, -0.15) is 0 Å². The average Bonchev–Trinajstić information content (AvgIpc) is 3.06. The molecule has 0 spiro atoms. The summed E-state index contributed by atoms with van der Waals surface area (Å²) in [6, 6.07) is 8.93. The maximum absolute atomic E-state index is 12.6. The van der Waals surface area contributed by atoms with E-state index in [-0.39, 0.29) is 18.0 Å². The third-order valence-electron chi connectivity index (χ3n) is 3.40. The third kappa shape index (κ3) is 3.15. The SMILES string of the molecule is COc1ccccc1NC(=O)Cn1c(SC)nc2ccsc2c1=O. The molecule has 0 bridgehead atoms. The van der Waals surface area contributed by atoms with Crippen molar-refractivity contribution < 1.29 is 9.53 Å². The monoisotopic (exact) mass is 361 g/mol. The summed E-state index contributed by atoms with van der Waals surface area (Å²) in [4.78, 5) is 29.4. The number of amides is 1. The number of ether oxygens (including phenoxy) is 1. The van der Waals surface area contributed by atoms with E-state index in [4.69, 9.17) is 4.74 Å². The van der Waals surface area contributed by atoms with E-state index < -0.39 is 0 Å². The maximum Gasteiger partial charge on any atom is 0.272 e. The van der Waals surface area contributed by atoms with Gasteiger partial charge in [0.25, 0.3) is 5.56 Å². The minimum Gasteiger partial charge on any atom is -0.495 e. The fourth-order valence-electron chi connectivity index (χ4n) is 2.30. The Bertz CT molecular complexity index is 949. The van der Waals surface area contributed by atoms with E-state index in [1.54, 1.807) is 24.3 Å². The normalized spacial score (nSPS) is 10.8. The number of nitrogens with zero attached hydrogens (tertiary/aromatic N) is 2. The van der Waals surface area contributed by atoms with Crippen LogP contribution < -0.4 is 15.6 Å². The number of thioether (sulfide) groups is 1. The molecule has 24 heavy (non-hydrogen) atoms. The number of para-hydroxylation sites is 2. The summed E-state index contributed by atoms with van der Waals surface area (Å²) in [5.74, 6) is 0.254. The number of hydrogen-bond donors (Lipinski definition) is 1. The zero-order valence-electron chi connectivity index (χ0n) is 13.1. The molecule has 3 aromatic rings. The molecule has 0 saturated carbocycles. The van der Waals surface area contributed by atoms with E-state index in [1.807, 2.05) is 17.7 Å². The maximum atomic E-state index is 12.6. The lowest BCUT2D eigenvalue weighted by Gasteiger charge is -2.12. The van der Waals surface area contributed by atoms with E-state index in [1.165, 1.54) is 34.8 Å². The van der Waals surface area contributed by atoms with Crippen LogP contribution in [0.5, 0.6) is 5.75 Å². The number of thiophene rings is 1. The number of nitrogens with one attached hydrogen (secondary N) is 1. The summed E-state index contributed by atoms with van der Waals surface area (Å²) in [6.07, 6.45) is 1.83. The molecule has 8 heteroatoms. The van der Waals surface area contributed by atoms with Gasteiger partial charge in [-0.25, -0.2) is 4.98 Å². The zero-order valence-corrected chi connectivity index (χ0v) is 14.7. The molecule has 0 saturated heterocycles. The van der Waals surface area contributed by atoms with Gasteiger partial charge in [0, 0.05) is 0 Å². The molecule has 0 aliphatic carbocycles. The highest BCUT2D eigenvalue weighted by Crippen LogP contribution is 2.23. The van der Waals surface area contributed by atoms with Crippen LogP contribution in [0.4, 0.5) is 5.69 Å². The molecular formula is C16H15N3O3S2. The van der Waals surface area contributed by atoms with Crippen LogP contribution >= 0.6 is 23.1 Å². The highest BCUT2D eigenvalue weighted by atomic mass is 32.2. The standard InChI is InChI=1S/C16H15N3O3S2/c1-22-12-6-4-3-5-10(12)17-13(20)9-19-15(21)14-11(7-8-24-14)18-16(19)23-2/h3-8H,9H2,1-2H3,(H,17,20). The molecule has 0 atom stereocenters. The second kappa shape index (κ2) is 7.06. The quantitative estimate of drug-likeness (QED) is 0.559. The molecule has 0 fully saturated rings. The Balaban J connectivity index is 1.90. The van der Waals surface area contributed by atoms with Crippen molar-refractivity contribution >= 4 is 44.9 Å². The van der Waals surface area contributed by atoms with Gasteiger partial charge in [0.2, 0.25) is 5.91 Å². The van der Waals surface area contributed by atoms with Crippen LogP contribution in [0.2, 0.25) is 0 Å². The van der Waals surface area contributed by atoms with Crippen molar-refractivity contribution in [2.75, 3.05) is 18.7 Å². The predicted molar refractivity (Wildman–Crippen MR) is 97.3 cm³/mol. The lowest BCUT2D eigenvalue weighted by molar-refractivity contribution is -0.116. The molecule has 2 aromatic heterocycles. The predicted octanol–water partition coefficient (Wildman–Crippen LogP) is 2.83. The second-order valence-corrected chi connectivity index (χ2v) is 6.56. The Morgan fingerprint density at radius 3 is 2.92 bits per heavy atom. The molecule has 3 rings (SSSR count). The van der Waals surface area contributed by atoms with Gasteiger partial charge in [-0.1, -0.05) is 23.9 Å². The molecule has 0 aliphatic rings. The van der Waals surface area contributed by atoms with Crippen molar-refractivity contribution in [1.82, 2.24) is 9.55 Å². The van der Waals surface area contributed by atoms with Gasteiger partial charge in [0.15, 0.2) is 5.16 Å². The summed E-state index contributed by atoms with van der Waals surface area (Å²) >= 11 is 2.66. The minimum atomic E-state index is -0.311. The molecule has 6 nitrogen and oxygen atoms in total. The third-order valence-corrected chi connectivity index (χ3v) is 4.96. The molecule has 1 N–H and O–H groups in total. The van der Waals surface area contributed by atoms with Crippen molar-refractivity contribution in [3.8, 4) is 5.75 Å². The highest BCUT2D eigenvalue weighted by molar-refractivity contribution is 7.98. The molecule has 1 aromatic carbocycles. The molecule has 0 unspecified atom stereocenters. The van der Waals surface area contributed by atoms with E-state index in [0.29, 0.717) is 26.8 Å². The van der Waals surface area contributed by atoms with Gasteiger partial charge in [0.1, 0.15) is 17.0 Å². The lowest BCUT2D eigenvalue weighted by atomic mass is 10.3. The number of hydrogen-bond acceptors (Lipinski definition) is 6. The Hall–Kier alpha value is -2.32. The van der Waals surface area contributed by atoms with E-state index in [2.05, 4.69) is 10.3 Å². The number of methoxy groups -OCH3 is 1. The first-order valence-corrected chi connectivity index (χ1v) is 9.19. The Labute approximate surface area is 146 Å². The van der Waals surface area contributed by atoms with Gasteiger partial charge in [0.05, 0.1) is 18.3 Å². The first-order chi connectivity index (χ1) is 11.6. The number of benzene rings is 1.